The highest BCUT2D eigenvalue weighted by molar-refractivity contribution is 6.32. The lowest BCUT2D eigenvalue weighted by Gasteiger charge is -1.97. The Labute approximate surface area is 83.4 Å². The second kappa shape index (κ2) is 2.95. The highest BCUT2D eigenvalue weighted by Crippen LogP contribution is 2.31. The quantitative estimate of drug-likeness (QED) is 0.406. The van der Waals surface area contributed by atoms with Gasteiger partial charge < -0.3 is 4.74 Å². The number of carbonyl (C=O) groups excluding carboxylic acids is 1. The molecule has 14 heavy (non-hydrogen) atoms. The van der Waals surface area contributed by atoms with Crippen LogP contribution < -0.4 is 0 Å². The summed E-state index contributed by atoms with van der Waals surface area (Å²) in [7, 11) is 0. The fraction of sp³-hybridized carbons (Fsp3) is 0.125. The van der Waals surface area contributed by atoms with Crippen LogP contribution in [-0.2, 0) is 11.3 Å². The zero-order chi connectivity index (χ0) is 10.3. The first kappa shape index (κ1) is 8.96. The van der Waals surface area contributed by atoms with Gasteiger partial charge in [-0.3, -0.25) is 10.1 Å². The van der Waals surface area contributed by atoms with Crippen molar-refractivity contribution >= 4 is 23.3 Å². The van der Waals surface area contributed by atoms with Gasteiger partial charge in [0.25, 0.3) is 5.69 Å². The van der Waals surface area contributed by atoms with Crippen molar-refractivity contribution in [3.05, 3.63) is 38.4 Å². The summed E-state index contributed by atoms with van der Waals surface area (Å²) in [5.74, 6) is -0.564. The van der Waals surface area contributed by atoms with E-state index in [1.807, 2.05) is 0 Å². The minimum Gasteiger partial charge on any atom is -0.457 e. The molecule has 5 nitrogen and oxygen atoms in total. The Morgan fingerprint density at radius 1 is 1.50 bits per heavy atom. The van der Waals surface area contributed by atoms with Gasteiger partial charge in [0.15, 0.2) is 0 Å². The first-order valence-electron chi connectivity index (χ1n) is 3.73. The van der Waals surface area contributed by atoms with Crippen LogP contribution in [-0.4, -0.2) is 10.9 Å². The molecule has 1 heterocycles. The summed E-state index contributed by atoms with van der Waals surface area (Å²) >= 11 is 5.75. The number of hydrogen-bond donors (Lipinski definition) is 0. The van der Waals surface area contributed by atoms with E-state index < -0.39 is 10.9 Å². The molecule has 0 saturated carbocycles. The number of carbonyl (C=O) groups is 1. The van der Waals surface area contributed by atoms with E-state index in [9.17, 15) is 14.9 Å². The Morgan fingerprint density at radius 3 is 2.86 bits per heavy atom. The molecular formula is C8H4ClNO4. The lowest BCUT2D eigenvalue weighted by Crippen LogP contribution is -1.96. The number of halogens is 1. The molecule has 0 aromatic heterocycles. The van der Waals surface area contributed by atoms with Crippen molar-refractivity contribution < 1.29 is 14.5 Å². The van der Waals surface area contributed by atoms with E-state index in [0.29, 0.717) is 5.56 Å². The predicted octanol–water partition coefficient (Wildman–Crippen LogP) is 1.92. The number of ether oxygens (including phenoxy) is 1. The maximum atomic E-state index is 11.1. The zero-order valence-corrected chi connectivity index (χ0v) is 7.58. The molecule has 0 spiro atoms. The van der Waals surface area contributed by atoms with E-state index in [0.717, 1.165) is 0 Å². The first-order chi connectivity index (χ1) is 6.59. The monoisotopic (exact) mass is 213 g/mol. The van der Waals surface area contributed by atoms with Crippen molar-refractivity contribution in [3.8, 4) is 0 Å². The fourth-order valence-electron chi connectivity index (χ4n) is 1.27. The number of hydrogen-bond acceptors (Lipinski definition) is 4. The molecule has 0 amide bonds. The molecule has 1 aliphatic rings. The molecule has 72 valence electrons. The van der Waals surface area contributed by atoms with Crippen molar-refractivity contribution in [1.82, 2.24) is 0 Å². The second-order valence-electron chi connectivity index (χ2n) is 2.79. The zero-order valence-electron chi connectivity index (χ0n) is 6.82. The lowest BCUT2D eigenvalue weighted by molar-refractivity contribution is -0.384. The standard InChI is InChI=1S/C8H4ClNO4/c9-7-2-4(10(12)13)1-5-6(7)3-14-8(5)11/h1-2H,3H2. The van der Waals surface area contributed by atoms with Crippen molar-refractivity contribution in [3.63, 3.8) is 0 Å². The SMILES string of the molecule is O=C1OCc2c(Cl)cc([N+](=O)[O-])cc21. The Hall–Kier alpha value is -1.62. The molecule has 0 aliphatic carbocycles. The highest BCUT2D eigenvalue weighted by atomic mass is 35.5. The van der Waals surface area contributed by atoms with Crippen LogP contribution in [0.25, 0.3) is 0 Å². The minimum atomic E-state index is -0.599. The van der Waals surface area contributed by atoms with Gasteiger partial charge in [-0.05, 0) is 0 Å². The van der Waals surface area contributed by atoms with Crippen molar-refractivity contribution in [2.45, 2.75) is 6.61 Å². The van der Waals surface area contributed by atoms with Gasteiger partial charge >= 0.3 is 5.97 Å². The van der Waals surface area contributed by atoms with Crippen molar-refractivity contribution in [2.24, 2.45) is 0 Å². The average molecular weight is 214 g/mol. The summed E-state index contributed by atoms with van der Waals surface area (Å²) < 4.78 is 4.69. The van der Waals surface area contributed by atoms with Crippen LogP contribution in [0.5, 0.6) is 0 Å². The number of esters is 1. The molecular weight excluding hydrogens is 210 g/mol. The Bertz CT molecular complexity index is 443. The molecule has 1 aromatic rings. The maximum absolute atomic E-state index is 11.1. The molecule has 0 N–H and O–H groups in total. The van der Waals surface area contributed by atoms with Crippen LogP contribution in [0.3, 0.4) is 0 Å². The van der Waals surface area contributed by atoms with Gasteiger partial charge in [-0.25, -0.2) is 4.79 Å². The summed E-state index contributed by atoms with van der Waals surface area (Å²) in [5, 5.41) is 10.6. The number of nitro benzene ring substituents is 1. The number of benzene rings is 1. The molecule has 0 fully saturated rings. The van der Waals surface area contributed by atoms with E-state index in [2.05, 4.69) is 0 Å². The number of nitro groups is 1. The number of cyclic esters (lactones) is 1. The van der Waals surface area contributed by atoms with Crippen LogP contribution in [0, 0.1) is 10.1 Å². The van der Waals surface area contributed by atoms with Crippen molar-refractivity contribution in [2.75, 3.05) is 0 Å². The average Bonchev–Trinajstić information content (AvgIpc) is 2.48. The summed E-state index contributed by atoms with van der Waals surface area (Å²) in [6.45, 7) is 0.0883. The van der Waals surface area contributed by atoms with E-state index in [1.165, 1.54) is 12.1 Å². The molecule has 0 saturated heterocycles. The Kier molecular flexibility index (Phi) is 1.89. The molecule has 2 rings (SSSR count). The molecule has 1 aliphatic heterocycles. The first-order valence-corrected chi connectivity index (χ1v) is 4.11. The van der Waals surface area contributed by atoms with E-state index in [-0.39, 0.29) is 22.9 Å². The van der Waals surface area contributed by atoms with Gasteiger partial charge in [0.05, 0.1) is 15.5 Å². The predicted molar refractivity (Wildman–Crippen MR) is 47.2 cm³/mol. The van der Waals surface area contributed by atoms with Gasteiger partial charge in [-0.2, -0.15) is 0 Å². The molecule has 0 radical (unpaired) electrons. The van der Waals surface area contributed by atoms with Gasteiger partial charge in [0.1, 0.15) is 6.61 Å². The van der Waals surface area contributed by atoms with Gasteiger partial charge in [0.2, 0.25) is 0 Å². The largest absolute Gasteiger partial charge is 0.457 e. The molecule has 0 atom stereocenters. The van der Waals surface area contributed by atoms with Crippen LogP contribution in [0.4, 0.5) is 5.69 Å². The van der Waals surface area contributed by atoms with Crippen LogP contribution >= 0.6 is 11.6 Å². The third-order valence-electron chi connectivity index (χ3n) is 1.96. The molecule has 1 aromatic carbocycles. The van der Waals surface area contributed by atoms with Gasteiger partial charge in [-0.15, -0.1) is 0 Å². The number of non-ortho nitro benzene ring substituents is 1. The summed E-state index contributed by atoms with van der Waals surface area (Å²) in [4.78, 5) is 20.9. The second-order valence-corrected chi connectivity index (χ2v) is 3.19. The third-order valence-corrected chi connectivity index (χ3v) is 2.30. The normalized spacial score (nSPS) is 13.6. The number of rotatable bonds is 1. The molecule has 6 heteroatoms. The Morgan fingerprint density at radius 2 is 2.21 bits per heavy atom. The summed E-state index contributed by atoms with van der Waals surface area (Å²) in [5.41, 5.74) is 0.499. The topological polar surface area (TPSA) is 69.4 Å². The van der Waals surface area contributed by atoms with Crippen LogP contribution in [0.15, 0.2) is 12.1 Å². The van der Waals surface area contributed by atoms with Crippen LogP contribution in [0.1, 0.15) is 15.9 Å². The fourth-order valence-corrected chi connectivity index (χ4v) is 1.54. The minimum absolute atomic E-state index is 0.0883. The van der Waals surface area contributed by atoms with E-state index >= 15 is 0 Å². The summed E-state index contributed by atoms with van der Waals surface area (Å²) in [6.07, 6.45) is 0. The lowest BCUT2D eigenvalue weighted by atomic mass is 10.1. The number of fused-ring (bicyclic) bond motifs is 1. The Balaban J connectivity index is 2.64. The smallest absolute Gasteiger partial charge is 0.339 e. The number of nitrogens with zero attached hydrogens (tertiary/aromatic N) is 1. The molecule has 0 unspecified atom stereocenters. The highest BCUT2D eigenvalue weighted by Gasteiger charge is 2.26. The molecule has 0 bridgehead atoms. The van der Waals surface area contributed by atoms with Gasteiger partial charge in [-0.1, -0.05) is 11.6 Å². The summed E-state index contributed by atoms with van der Waals surface area (Å²) in [6, 6.07) is 2.39. The van der Waals surface area contributed by atoms with Crippen LogP contribution in [0.2, 0.25) is 5.02 Å². The van der Waals surface area contributed by atoms with E-state index in [4.69, 9.17) is 16.3 Å². The third kappa shape index (κ3) is 1.22. The van der Waals surface area contributed by atoms with Crippen molar-refractivity contribution in [1.29, 1.82) is 0 Å². The maximum Gasteiger partial charge on any atom is 0.339 e. The van der Waals surface area contributed by atoms with E-state index in [1.54, 1.807) is 0 Å². The van der Waals surface area contributed by atoms with Gasteiger partial charge in [0, 0.05) is 17.7 Å².